The summed E-state index contributed by atoms with van der Waals surface area (Å²) >= 11 is 3.46. The summed E-state index contributed by atoms with van der Waals surface area (Å²) < 4.78 is 1.16. The van der Waals surface area contributed by atoms with Gasteiger partial charge in [-0.3, -0.25) is 0 Å². The van der Waals surface area contributed by atoms with Crippen molar-refractivity contribution in [3.8, 4) is 0 Å². The summed E-state index contributed by atoms with van der Waals surface area (Å²) in [5.41, 5.74) is 1.47. The Morgan fingerprint density at radius 2 is 2.00 bits per heavy atom. The molecule has 0 unspecified atom stereocenters. The molecule has 1 fully saturated rings. The molecule has 0 aromatic heterocycles. The Morgan fingerprint density at radius 3 is 2.60 bits per heavy atom. The Morgan fingerprint density at radius 1 is 1.33 bits per heavy atom. The fraction of sp³-hybridized carbons (Fsp3) is 0.385. The van der Waals surface area contributed by atoms with Gasteiger partial charge in [0.25, 0.3) is 0 Å². The minimum atomic E-state index is 0.691. The van der Waals surface area contributed by atoms with Crippen molar-refractivity contribution in [2.24, 2.45) is 0 Å². The van der Waals surface area contributed by atoms with Crippen LogP contribution in [-0.4, -0.2) is 12.6 Å². The third-order valence-corrected chi connectivity index (χ3v) is 3.56. The van der Waals surface area contributed by atoms with E-state index in [2.05, 4.69) is 52.1 Å². The zero-order valence-electron chi connectivity index (χ0n) is 8.75. The van der Waals surface area contributed by atoms with Gasteiger partial charge in [-0.2, -0.15) is 0 Å². The predicted molar refractivity (Wildman–Crippen MR) is 68.1 cm³/mol. The molecule has 0 spiro atoms. The first-order valence-electron chi connectivity index (χ1n) is 5.39. The first-order chi connectivity index (χ1) is 7.29. The standard InChI is InChI=1S/C13H16BrN/c1-2-7-15-13-8-11(9-13)10-3-5-12(14)6-4-10/h2-6,11,13,15H,1,7-9H2. The highest BCUT2D eigenvalue weighted by atomic mass is 79.9. The van der Waals surface area contributed by atoms with E-state index < -0.39 is 0 Å². The van der Waals surface area contributed by atoms with Crippen molar-refractivity contribution >= 4 is 15.9 Å². The van der Waals surface area contributed by atoms with Gasteiger partial charge in [-0.1, -0.05) is 34.1 Å². The highest BCUT2D eigenvalue weighted by molar-refractivity contribution is 9.10. The summed E-state index contributed by atoms with van der Waals surface area (Å²) in [6, 6.07) is 9.38. The van der Waals surface area contributed by atoms with Gasteiger partial charge in [-0.05, 0) is 36.5 Å². The molecule has 2 rings (SSSR count). The van der Waals surface area contributed by atoms with Crippen molar-refractivity contribution in [2.75, 3.05) is 6.54 Å². The van der Waals surface area contributed by atoms with Crippen LogP contribution in [0.25, 0.3) is 0 Å². The van der Waals surface area contributed by atoms with Gasteiger partial charge < -0.3 is 5.32 Å². The van der Waals surface area contributed by atoms with E-state index in [4.69, 9.17) is 0 Å². The number of rotatable bonds is 4. The maximum Gasteiger partial charge on any atom is 0.0175 e. The van der Waals surface area contributed by atoms with Crippen molar-refractivity contribution in [1.29, 1.82) is 0 Å². The smallest absolute Gasteiger partial charge is 0.0175 e. The van der Waals surface area contributed by atoms with E-state index in [0.717, 1.165) is 16.9 Å². The molecule has 0 aliphatic heterocycles. The fourth-order valence-corrected chi connectivity index (χ4v) is 2.31. The SMILES string of the molecule is C=CCNC1CC(c2ccc(Br)cc2)C1. The molecule has 0 radical (unpaired) electrons. The molecule has 2 heteroatoms. The maximum atomic E-state index is 3.71. The second-order valence-corrected chi connectivity index (χ2v) is 5.03. The van der Waals surface area contributed by atoms with E-state index in [9.17, 15) is 0 Å². The normalized spacial score (nSPS) is 24.6. The van der Waals surface area contributed by atoms with Crippen LogP contribution in [0.2, 0.25) is 0 Å². The van der Waals surface area contributed by atoms with Gasteiger partial charge in [-0.15, -0.1) is 6.58 Å². The monoisotopic (exact) mass is 265 g/mol. The van der Waals surface area contributed by atoms with Crippen LogP contribution in [0.5, 0.6) is 0 Å². The van der Waals surface area contributed by atoms with Crippen molar-refractivity contribution in [2.45, 2.75) is 24.8 Å². The lowest BCUT2D eigenvalue weighted by molar-refractivity contribution is 0.299. The topological polar surface area (TPSA) is 12.0 Å². The molecular formula is C13H16BrN. The van der Waals surface area contributed by atoms with Crippen molar-refractivity contribution in [3.05, 3.63) is 47.0 Å². The molecule has 0 bridgehead atoms. The van der Waals surface area contributed by atoms with Crippen LogP contribution in [0.4, 0.5) is 0 Å². The van der Waals surface area contributed by atoms with E-state index >= 15 is 0 Å². The summed E-state index contributed by atoms with van der Waals surface area (Å²) in [6.45, 7) is 4.64. The van der Waals surface area contributed by atoms with Crippen LogP contribution in [0.15, 0.2) is 41.4 Å². The average Bonchev–Trinajstić information content (AvgIpc) is 2.18. The Kier molecular flexibility index (Phi) is 3.60. The van der Waals surface area contributed by atoms with E-state index in [1.165, 1.54) is 18.4 Å². The molecule has 0 amide bonds. The molecule has 1 nitrogen and oxygen atoms in total. The van der Waals surface area contributed by atoms with E-state index in [1.807, 2.05) is 6.08 Å². The highest BCUT2D eigenvalue weighted by Gasteiger charge is 2.29. The Labute approximate surface area is 99.7 Å². The summed E-state index contributed by atoms with van der Waals surface area (Å²) in [5.74, 6) is 0.750. The van der Waals surface area contributed by atoms with Gasteiger partial charge in [0, 0.05) is 17.1 Å². The molecular weight excluding hydrogens is 250 g/mol. The molecule has 0 heterocycles. The minimum absolute atomic E-state index is 0.691. The largest absolute Gasteiger partial charge is 0.310 e. The molecule has 1 aliphatic carbocycles. The van der Waals surface area contributed by atoms with Gasteiger partial charge in [0.2, 0.25) is 0 Å². The Hall–Kier alpha value is -0.600. The maximum absolute atomic E-state index is 3.71. The Balaban J connectivity index is 1.83. The quantitative estimate of drug-likeness (QED) is 0.823. The van der Waals surface area contributed by atoms with Gasteiger partial charge in [0.1, 0.15) is 0 Å². The van der Waals surface area contributed by atoms with Gasteiger partial charge in [-0.25, -0.2) is 0 Å². The summed E-state index contributed by atoms with van der Waals surface area (Å²) in [6.07, 6.45) is 4.44. The first-order valence-corrected chi connectivity index (χ1v) is 6.18. The molecule has 1 aliphatic rings. The molecule has 1 N–H and O–H groups in total. The van der Waals surface area contributed by atoms with Crippen LogP contribution in [0.1, 0.15) is 24.3 Å². The van der Waals surface area contributed by atoms with Crippen molar-refractivity contribution < 1.29 is 0 Å². The molecule has 1 aromatic carbocycles. The summed E-state index contributed by atoms with van der Waals surface area (Å²) in [4.78, 5) is 0. The molecule has 0 atom stereocenters. The van der Waals surface area contributed by atoms with Crippen LogP contribution in [-0.2, 0) is 0 Å². The molecule has 0 saturated heterocycles. The number of hydrogen-bond acceptors (Lipinski definition) is 1. The van der Waals surface area contributed by atoms with Crippen LogP contribution >= 0.6 is 15.9 Å². The highest BCUT2D eigenvalue weighted by Crippen LogP contribution is 2.37. The van der Waals surface area contributed by atoms with Crippen molar-refractivity contribution in [3.63, 3.8) is 0 Å². The van der Waals surface area contributed by atoms with Crippen molar-refractivity contribution in [1.82, 2.24) is 5.32 Å². The fourth-order valence-electron chi connectivity index (χ4n) is 2.04. The van der Waals surface area contributed by atoms with E-state index in [-0.39, 0.29) is 0 Å². The first kappa shape index (κ1) is 10.9. The number of nitrogens with one attached hydrogen (secondary N) is 1. The molecule has 1 aromatic rings. The molecule has 1 saturated carbocycles. The zero-order valence-corrected chi connectivity index (χ0v) is 10.3. The zero-order chi connectivity index (χ0) is 10.7. The average molecular weight is 266 g/mol. The van der Waals surface area contributed by atoms with Crippen LogP contribution in [0.3, 0.4) is 0 Å². The van der Waals surface area contributed by atoms with Gasteiger partial charge in [0.05, 0.1) is 0 Å². The van der Waals surface area contributed by atoms with Gasteiger partial charge >= 0.3 is 0 Å². The summed E-state index contributed by atoms with van der Waals surface area (Å²) in [5, 5.41) is 3.45. The second-order valence-electron chi connectivity index (χ2n) is 4.11. The lowest BCUT2D eigenvalue weighted by atomic mass is 9.76. The lowest BCUT2D eigenvalue weighted by Gasteiger charge is -2.36. The lowest BCUT2D eigenvalue weighted by Crippen LogP contribution is -2.40. The minimum Gasteiger partial charge on any atom is -0.310 e. The number of benzene rings is 1. The third kappa shape index (κ3) is 2.70. The second kappa shape index (κ2) is 4.95. The number of hydrogen-bond donors (Lipinski definition) is 1. The van der Waals surface area contributed by atoms with Crippen LogP contribution in [0, 0.1) is 0 Å². The molecule has 15 heavy (non-hydrogen) atoms. The Bertz CT molecular complexity index is 325. The predicted octanol–water partition coefficient (Wildman–Crippen LogP) is 3.47. The summed E-state index contributed by atoms with van der Waals surface area (Å²) in [7, 11) is 0. The third-order valence-electron chi connectivity index (χ3n) is 3.03. The van der Waals surface area contributed by atoms with Crippen LogP contribution < -0.4 is 5.32 Å². The van der Waals surface area contributed by atoms with E-state index in [0.29, 0.717) is 6.04 Å². The van der Waals surface area contributed by atoms with Gasteiger partial charge in [0.15, 0.2) is 0 Å². The molecule has 80 valence electrons. The number of halogens is 1. The van der Waals surface area contributed by atoms with E-state index in [1.54, 1.807) is 0 Å².